The monoisotopic (exact) mass is 365 g/mol. The fraction of sp³-hybridized carbons (Fsp3) is 0.348. The van der Waals surface area contributed by atoms with Crippen molar-refractivity contribution in [2.45, 2.75) is 39.5 Å². The number of benzene rings is 2. The van der Waals surface area contributed by atoms with Crippen molar-refractivity contribution < 1.29 is 14.3 Å². The second-order valence-corrected chi connectivity index (χ2v) is 7.03. The minimum absolute atomic E-state index is 0.322. The zero-order valence-electron chi connectivity index (χ0n) is 16.5. The molecule has 0 bridgehead atoms. The number of aromatic nitrogens is 1. The van der Waals surface area contributed by atoms with Crippen LogP contribution in [0, 0.1) is 0 Å². The molecule has 4 heteroatoms. The predicted octanol–water partition coefficient (Wildman–Crippen LogP) is 5.72. The first-order valence-electron chi connectivity index (χ1n) is 9.51. The van der Waals surface area contributed by atoms with Gasteiger partial charge in [0.1, 0.15) is 5.75 Å². The van der Waals surface area contributed by atoms with Crippen LogP contribution in [0.25, 0.3) is 16.6 Å². The zero-order chi connectivity index (χ0) is 19.4. The summed E-state index contributed by atoms with van der Waals surface area (Å²) in [5, 5.41) is 0.999. The summed E-state index contributed by atoms with van der Waals surface area (Å²) in [6.45, 7) is 7.26. The van der Waals surface area contributed by atoms with Crippen LogP contribution in [-0.4, -0.2) is 24.3 Å². The molecule has 3 aromatic rings. The molecule has 0 aliphatic heterocycles. The van der Waals surface area contributed by atoms with Crippen molar-refractivity contribution in [1.29, 1.82) is 0 Å². The number of nitrogens with zero attached hydrogens (tertiary/aromatic N) is 1. The molecule has 0 N–H and O–H groups in total. The van der Waals surface area contributed by atoms with Crippen molar-refractivity contribution in [3.8, 4) is 11.4 Å². The number of carbonyl (C=O) groups excluding carboxylic acids is 1. The van der Waals surface area contributed by atoms with Crippen LogP contribution in [0.15, 0.2) is 48.7 Å². The second kappa shape index (κ2) is 8.30. The summed E-state index contributed by atoms with van der Waals surface area (Å²) in [6.07, 6.45) is 4.18. The zero-order valence-corrected chi connectivity index (χ0v) is 16.5. The molecule has 0 radical (unpaired) electrons. The largest absolute Gasteiger partial charge is 0.493 e. The van der Waals surface area contributed by atoms with Crippen LogP contribution in [0.1, 0.15) is 55.5 Å². The van der Waals surface area contributed by atoms with E-state index in [0.717, 1.165) is 41.8 Å². The smallest absolute Gasteiger partial charge is 0.337 e. The van der Waals surface area contributed by atoms with Gasteiger partial charge in [0.05, 0.1) is 24.8 Å². The molecule has 27 heavy (non-hydrogen) atoms. The Hall–Kier alpha value is -2.75. The lowest BCUT2D eigenvalue weighted by Crippen LogP contribution is -2.03. The first kappa shape index (κ1) is 19.0. The number of rotatable bonds is 7. The van der Waals surface area contributed by atoms with E-state index < -0.39 is 0 Å². The lowest BCUT2D eigenvalue weighted by atomic mass is 10.0. The van der Waals surface area contributed by atoms with Crippen molar-refractivity contribution >= 4 is 16.9 Å². The maximum Gasteiger partial charge on any atom is 0.337 e. The maximum absolute atomic E-state index is 11.8. The summed E-state index contributed by atoms with van der Waals surface area (Å²) < 4.78 is 13.0. The highest BCUT2D eigenvalue weighted by atomic mass is 16.5. The molecule has 1 aromatic heterocycles. The second-order valence-electron chi connectivity index (χ2n) is 7.03. The number of ether oxygens (including phenoxy) is 2. The van der Waals surface area contributed by atoms with Crippen LogP contribution in [0.3, 0.4) is 0 Å². The van der Waals surface area contributed by atoms with Gasteiger partial charge in [-0.1, -0.05) is 33.3 Å². The van der Waals surface area contributed by atoms with Crippen LogP contribution in [0.2, 0.25) is 0 Å². The van der Waals surface area contributed by atoms with E-state index in [2.05, 4.69) is 43.5 Å². The Bertz CT molecular complexity index is 940. The summed E-state index contributed by atoms with van der Waals surface area (Å²) in [5.74, 6) is 1.03. The van der Waals surface area contributed by atoms with E-state index in [4.69, 9.17) is 9.47 Å². The molecular weight excluding hydrogens is 338 g/mol. The molecule has 0 saturated heterocycles. The van der Waals surface area contributed by atoms with Crippen LogP contribution in [-0.2, 0) is 4.74 Å². The third-order valence-corrected chi connectivity index (χ3v) is 4.76. The summed E-state index contributed by atoms with van der Waals surface area (Å²) in [7, 11) is 1.40. The summed E-state index contributed by atoms with van der Waals surface area (Å²) in [4.78, 5) is 11.8. The van der Waals surface area contributed by atoms with Crippen LogP contribution < -0.4 is 4.74 Å². The molecule has 0 atom stereocenters. The minimum atomic E-state index is -0.322. The Kier molecular flexibility index (Phi) is 5.84. The summed E-state index contributed by atoms with van der Waals surface area (Å²) >= 11 is 0. The number of hydrogen-bond acceptors (Lipinski definition) is 3. The van der Waals surface area contributed by atoms with Crippen molar-refractivity contribution in [1.82, 2.24) is 4.57 Å². The Morgan fingerprint density at radius 3 is 2.63 bits per heavy atom. The average Bonchev–Trinajstić information content (AvgIpc) is 3.10. The van der Waals surface area contributed by atoms with Crippen molar-refractivity contribution in [3.05, 3.63) is 59.8 Å². The van der Waals surface area contributed by atoms with E-state index in [1.165, 1.54) is 12.7 Å². The van der Waals surface area contributed by atoms with Gasteiger partial charge in [0.25, 0.3) is 0 Å². The summed E-state index contributed by atoms with van der Waals surface area (Å²) in [6, 6.07) is 14.0. The molecule has 0 saturated carbocycles. The molecule has 0 aliphatic rings. The Morgan fingerprint density at radius 1 is 1.11 bits per heavy atom. The highest BCUT2D eigenvalue weighted by molar-refractivity contribution is 5.95. The van der Waals surface area contributed by atoms with Crippen LogP contribution in [0.4, 0.5) is 0 Å². The Labute approximate surface area is 160 Å². The number of methoxy groups -OCH3 is 1. The third kappa shape index (κ3) is 4.00. The molecule has 0 fully saturated rings. The van der Waals surface area contributed by atoms with Gasteiger partial charge in [-0.15, -0.1) is 0 Å². The van der Waals surface area contributed by atoms with Gasteiger partial charge in [-0.25, -0.2) is 4.79 Å². The van der Waals surface area contributed by atoms with Gasteiger partial charge >= 0.3 is 5.97 Å². The number of unbranched alkanes of at least 4 members (excludes halogenated alkanes) is 1. The average molecular weight is 365 g/mol. The highest BCUT2D eigenvalue weighted by Gasteiger charge is 2.13. The van der Waals surface area contributed by atoms with Gasteiger partial charge < -0.3 is 14.0 Å². The predicted molar refractivity (Wildman–Crippen MR) is 109 cm³/mol. The quantitative estimate of drug-likeness (QED) is 0.397. The van der Waals surface area contributed by atoms with Crippen molar-refractivity contribution in [3.63, 3.8) is 0 Å². The molecule has 4 nitrogen and oxygen atoms in total. The van der Waals surface area contributed by atoms with Crippen LogP contribution >= 0.6 is 0 Å². The molecule has 0 aliphatic carbocycles. The molecule has 3 rings (SSSR count). The number of fused-ring (bicyclic) bond motifs is 1. The number of hydrogen-bond donors (Lipinski definition) is 0. The standard InChI is InChI=1S/C23H27NO3/c1-5-6-13-27-22-15-19(8-9-20(22)16(2)3)24-12-11-17-14-18(23(25)26-4)7-10-21(17)24/h7-12,14-16H,5-6,13H2,1-4H3. The minimum Gasteiger partial charge on any atom is -0.493 e. The SMILES string of the molecule is CCCCOc1cc(-n2ccc3cc(C(=O)OC)ccc32)ccc1C(C)C. The molecular formula is C23H27NO3. The molecule has 0 amide bonds. The van der Waals surface area contributed by atoms with E-state index in [1.54, 1.807) is 6.07 Å². The fourth-order valence-electron chi connectivity index (χ4n) is 3.21. The van der Waals surface area contributed by atoms with E-state index >= 15 is 0 Å². The van der Waals surface area contributed by atoms with Crippen LogP contribution in [0.5, 0.6) is 5.75 Å². The van der Waals surface area contributed by atoms with E-state index in [-0.39, 0.29) is 5.97 Å². The van der Waals surface area contributed by atoms with E-state index in [0.29, 0.717) is 11.5 Å². The van der Waals surface area contributed by atoms with Gasteiger partial charge in [-0.2, -0.15) is 0 Å². The Morgan fingerprint density at radius 2 is 1.93 bits per heavy atom. The number of esters is 1. The first-order valence-corrected chi connectivity index (χ1v) is 9.51. The normalized spacial score (nSPS) is 11.1. The van der Waals surface area contributed by atoms with Crippen molar-refractivity contribution in [2.75, 3.05) is 13.7 Å². The molecule has 0 unspecified atom stereocenters. The molecule has 0 spiro atoms. The maximum atomic E-state index is 11.8. The summed E-state index contributed by atoms with van der Waals surface area (Å²) in [5.41, 5.74) is 3.87. The van der Waals surface area contributed by atoms with Crippen molar-refractivity contribution in [2.24, 2.45) is 0 Å². The molecule has 2 aromatic carbocycles. The van der Waals surface area contributed by atoms with Gasteiger partial charge in [-0.05, 0) is 48.2 Å². The molecule has 1 heterocycles. The van der Waals surface area contributed by atoms with Gasteiger partial charge in [-0.3, -0.25) is 0 Å². The Balaban J connectivity index is 2.00. The third-order valence-electron chi connectivity index (χ3n) is 4.76. The highest BCUT2D eigenvalue weighted by Crippen LogP contribution is 2.31. The van der Waals surface area contributed by atoms with E-state index in [9.17, 15) is 4.79 Å². The van der Waals surface area contributed by atoms with E-state index in [1.807, 2.05) is 24.4 Å². The topological polar surface area (TPSA) is 40.5 Å². The number of carbonyl (C=O) groups is 1. The fourth-order valence-corrected chi connectivity index (χ4v) is 3.21. The van der Waals surface area contributed by atoms with Gasteiger partial charge in [0.2, 0.25) is 0 Å². The lowest BCUT2D eigenvalue weighted by Gasteiger charge is -2.16. The first-order chi connectivity index (χ1) is 13.0. The lowest BCUT2D eigenvalue weighted by molar-refractivity contribution is 0.0601. The molecule has 142 valence electrons. The van der Waals surface area contributed by atoms with Gasteiger partial charge in [0.15, 0.2) is 0 Å². The van der Waals surface area contributed by atoms with Gasteiger partial charge in [0, 0.05) is 23.3 Å².